The molecule has 0 radical (unpaired) electrons. The zero-order valence-corrected chi connectivity index (χ0v) is 7.55. The second-order valence-electron chi connectivity index (χ2n) is 2.31. The number of pyridine rings is 1. The third kappa shape index (κ3) is 1.19. The first-order valence-electron chi connectivity index (χ1n) is 3.22. The Morgan fingerprint density at radius 2 is 2.36 bits per heavy atom. The van der Waals surface area contributed by atoms with Crippen molar-refractivity contribution in [1.29, 1.82) is 0 Å². The summed E-state index contributed by atoms with van der Waals surface area (Å²) in [6.45, 7) is 1.97. The van der Waals surface area contributed by atoms with E-state index in [1.54, 1.807) is 11.3 Å². The van der Waals surface area contributed by atoms with Crippen LogP contribution in [0.15, 0.2) is 12.1 Å². The summed E-state index contributed by atoms with van der Waals surface area (Å²) in [6.07, 6.45) is 0. The maximum Gasteiger partial charge on any atom is 0.160 e. The summed E-state index contributed by atoms with van der Waals surface area (Å²) in [6, 6.07) is 4.02. The molecule has 1 N–H and O–H groups in total. The molecule has 0 fully saturated rings. The molecule has 2 aromatic heterocycles. The van der Waals surface area contributed by atoms with Gasteiger partial charge in [-0.3, -0.25) is 0 Å². The average Bonchev–Trinajstić information content (AvgIpc) is 2.27. The second-order valence-corrected chi connectivity index (χ2v) is 4.03. The highest BCUT2D eigenvalue weighted by Crippen LogP contribution is 2.16. The molecule has 0 amide bonds. The molecule has 4 heteroatoms. The van der Waals surface area contributed by atoms with Crippen molar-refractivity contribution in [3.8, 4) is 0 Å². The quantitative estimate of drug-likeness (QED) is 0.634. The fourth-order valence-corrected chi connectivity index (χ4v) is 1.98. The molecule has 0 aromatic carbocycles. The highest BCUT2D eigenvalue weighted by atomic mass is 32.1. The van der Waals surface area contributed by atoms with Crippen molar-refractivity contribution >= 4 is 33.9 Å². The van der Waals surface area contributed by atoms with Crippen LogP contribution >= 0.6 is 23.6 Å². The Morgan fingerprint density at radius 3 is 3.18 bits per heavy atom. The standard InChI is InChI=1S/C7H6N2S2/c1-4-2-3-5-6(8-4)9-7(10)11-5/h2-3H,1H3,(H,8,9,10). The summed E-state index contributed by atoms with van der Waals surface area (Å²) < 4.78 is 1.92. The number of hydrogen-bond donors (Lipinski definition) is 1. The van der Waals surface area contributed by atoms with E-state index in [0.29, 0.717) is 0 Å². The Labute approximate surface area is 72.9 Å². The van der Waals surface area contributed by atoms with Crippen molar-refractivity contribution in [2.75, 3.05) is 0 Å². The maximum atomic E-state index is 4.98. The number of fused-ring (bicyclic) bond motifs is 1. The Balaban J connectivity index is 2.92. The predicted octanol–water partition coefficient (Wildman–Crippen LogP) is 2.66. The van der Waals surface area contributed by atoms with Gasteiger partial charge in [0.25, 0.3) is 0 Å². The van der Waals surface area contributed by atoms with Gasteiger partial charge < -0.3 is 4.98 Å². The molecule has 0 saturated heterocycles. The van der Waals surface area contributed by atoms with Crippen molar-refractivity contribution < 1.29 is 0 Å². The first kappa shape index (κ1) is 6.94. The highest BCUT2D eigenvalue weighted by Gasteiger charge is 1.96. The Kier molecular flexibility index (Phi) is 1.51. The molecule has 0 atom stereocenters. The van der Waals surface area contributed by atoms with E-state index in [1.165, 1.54) is 0 Å². The number of aromatic nitrogens is 2. The van der Waals surface area contributed by atoms with Gasteiger partial charge in [-0.2, -0.15) is 0 Å². The number of H-pyrrole nitrogens is 1. The van der Waals surface area contributed by atoms with Crippen molar-refractivity contribution in [3.63, 3.8) is 0 Å². The van der Waals surface area contributed by atoms with E-state index >= 15 is 0 Å². The van der Waals surface area contributed by atoms with Crippen LogP contribution in [0.1, 0.15) is 5.69 Å². The van der Waals surface area contributed by atoms with Crippen molar-refractivity contribution in [2.45, 2.75) is 6.92 Å². The van der Waals surface area contributed by atoms with Crippen LogP contribution in [-0.2, 0) is 0 Å². The van der Waals surface area contributed by atoms with Crippen molar-refractivity contribution in [1.82, 2.24) is 9.97 Å². The number of rotatable bonds is 0. The highest BCUT2D eigenvalue weighted by molar-refractivity contribution is 7.73. The van der Waals surface area contributed by atoms with E-state index in [4.69, 9.17) is 12.2 Å². The predicted molar refractivity (Wildman–Crippen MR) is 49.5 cm³/mol. The lowest BCUT2D eigenvalue weighted by Gasteiger charge is -1.88. The SMILES string of the molecule is Cc1ccc2sc(=S)[nH]c2n1. The molecule has 0 aliphatic carbocycles. The zero-order chi connectivity index (χ0) is 7.84. The number of nitrogens with zero attached hydrogens (tertiary/aromatic N) is 1. The molecular weight excluding hydrogens is 176 g/mol. The van der Waals surface area contributed by atoms with Gasteiger partial charge in [-0.1, -0.05) is 0 Å². The lowest BCUT2D eigenvalue weighted by atomic mass is 10.4. The number of hydrogen-bond acceptors (Lipinski definition) is 3. The van der Waals surface area contributed by atoms with Crippen LogP contribution in [0.2, 0.25) is 0 Å². The van der Waals surface area contributed by atoms with Crippen molar-refractivity contribution in [3.05, 3.63) is 21.8 Å². The van der Waals surface area contributed by atoms with E-state index in [9.17, 15) is 0 Å². The largest absolute Gasteiger partial charge is 0.322 e. The molecule has 0 aliphatic rings. The molecule has 11 heavy (non-hydrogen) atoms. The summed E-state index contributed by atoms with van der Waals surface area (Å²) in [7, 11) is 0. The summed E-state index contributed by atoms with van der Waals surface area (Å²) >= 11 is 6.54. The first-order valence-corrected chi connectivity index (χ1v) is 4.45. The minimum atomic E-state index is 0.790. The lowest BCUT2D eigenvalue weighted by molar-refractivity contribution is 1.22. The van der Waals surface area contributed by atoms with E-state index in [0.717, 1.165) is 20.0 Å². The molecule has 2 rings (SSSR count). The fourth-order valence-electron chi connectivity index (χ4n) is 0.938. The molecule has 0 aliphatic heterocycles. The fraction of sp³-hybridized carbons (Fsp3) is 0.143. The van der Waals surface area contributed by atoms with Crippen LogP contribution in [-0.4, -0.2) is 9.97 Å². The van der Waals surface area contributed by atoms with Crippen LogP contribution in [0.4, 0.5) is 0 Å². The van der Waals surface area contributed by atoms with Crippen LogP contribution in [0.25, 0.3) is 10.3 Å². The van der Waals surface area contributed by atoms with Crippen LogP contribution in [0, 0.1) is 10.9 Å². The molecule has 56 valence electrons. The molecule has 0 spiro atoms. The molecule has 0 bridgehead atoms. The molecule has 0 unspecified atom stereocenters. The van der Waals surface area contributed by atoms with Crippen LogP contribution in [0.5, 0.6) is 0 Å². The lowest BCUT2D eigenvalue weighted by Crippen LogP contribution is -1.79. The van der Waals surface area contributed by atoms with Gasteiger partial charge in [-0.25, -0.2) is 4.98 Å². The van der Waals surface area contributed by atoms with E-state index in [1.807, 2.05) is 19.1 Å². The normalized spacial score (nSPS) is 10.6. The minimum absolute atomic E-state index is 0.790. The van der Waals surface area contributed by atoms with Gasteiger partial charge in [0, 0.05) is 5.69 Å². The summed E-state index contributed by atoms with van der Waals surface area (Å²) in [4.78, 5) is 7.31. The Hall–Kier alpha value is -0.740. The van der Waals surface area contributed by atoms with Gasteiger partial charge in [0.15, 0.2) is 3.95 Å². The first-order chi connectivity index (χ1) is 5.25. The molecule has 0 saturated carbocycles. The number of aromatic amines is 1. The van der Waals surface area contributed by atoms with Gasteiger partial charge >= 0.3 is 0 Å². The molecular formula is C7H6N2S2. The van der Waals surface area contributed by atoms with E-state index in [2.05, 4.69) is 9.97 Å². The summed E-state index contributed by atoms with van der Waals surface area (Å²) in [5.74, 6) is 0. The summed E-state index contributed by atoms with van der Waals surface area (Å²) in [5.41, 5.74) is 1.92. The molecule has 2 aromatic rings. The monoisotopic (exact) mass is 182 g/mol. The van der Waals surface area contributed by atoms with Crippen LogP contribution < -0.4 is 0 Å². The Morgan fingerprint density at radius 1 is 1.55 bits per heavy atom. The van der Waals surface area contributed by atoms with Crippen molar-refractivity contribution in [2.24, 2.45) is 0 Å². The molecule has 2 nitrogen and oxygen atoms in total. The average molecular weight is 182 g/mol. The molecule has 2 heterocycles. The maximum absolute atomic E-state index is 4.98. The third-order valence-corrected chi connectivity index (χ3v) is 2.61. The number of nitrogens with one attached hydrogen (secondary N) is 1. The van der Waals surface area contributed by atoms with E-state index < -0.39 is 0 Å². The number of aryl methyl sites for hydroxylation is 1. The topological polar surface area (TPSA) is 28.7 Å². The van der Waals surface area contributed by atoms with Gasteiger partial charge in [0.2, 0.25) is 0 Å². The van der Waals surface area contributed by atoms with Crippen LogP contribution in [0.3, 0.4) is 0 Å². The van der Waals surface area contributed by atoms with Gasteiger partial charge in [0.05, 0.1) is 4.70 Å². The summed E-state index contributed by atoms with van der Waals surface area (Å²) in [5, 5.41) is 0. The van der Waals surface area contributed by atoms with Gasteiger partial charge in [0.1, 0.15) is 5.65 Å². The zero-order valence-electron chi connectivity index (χ0n) is 5.92. The Bertz CT molecular complexity index is 441. The minimum Gasteiger partial charge on any atom is -0.322 e. The van der Waals surface area contributed by atoms with E-state index in [-0.39, 0.29) is 0 Å². The smallest absolute Gasteiger partial charge is 0.160 e. The van der Waals surface area contributed by atoms with Gasteiger partial charge in [-0.15, -0.1) is 11.3 Å². The second kappa shape index (κ2) is 2.39. The number of thiazole rings is 1. The third-order valence-electron chi connectivity index (χ3n) is 1.42. The van der Waals surface area contributed by atoms with Gasteiger partial charge in [-0.05, 0) is 31.3 Å².